The topological polar surface area (TPSA) is 13.1 Å². The molecule has 2 aromatic rings. The highest BCUT2D eigenvalue weighted by molar-refractivity contribution is 7.13. The average Bonchev–Trinajstić information content (AvgIpc) is 2.77. The van der Waals surface area contributed by atoms with E-state index in [1.165, 1.54) is 17.4 Å². The normalized spacial score (nSPS) is 9.15. The van der Waals surface area contributed by atoms with Gasteiger partial charge in [-0.1, -0.05) is 19.9 Å². The van der Waals surface area contributed by atoms with Gasteiger partial charge in [-0.2, -0.15) is 4.39 Å². The van der Waals surface area contributed by atoms with Gasteiger partial charge in [0.05, 0.1) is 4.88 Å². The molecule has 0 aliphatic heterocycles. The maximum atomic E-state index is 12.4. The van der Waals surface area contributed by atoms with Crippen molar-refractivity contribution in [2.45, 2.75) is 13.8 Å². The van der Waals surface area contributed by atoms with Gasteiger partial charge >= 0.3 is 0 Å². The minimum absolute atomic E-state index is 0.534. The Balaban J connectivity index is 0.000000396. The molecule has 0 atom stereocenters. The predicted molar refractivity (Wildman–Crippen MR) is 53.3 cm³/mol. The quantitative estimate of drug-likeness (QED) is 0.670. The SMILES string of the molecule is CC.Fc1ccc(-c2cccs2)o1. The van der Waals surface area contributed by atoms with Crippen LogP contribution in [0.2, 0.25) is 0 Å². The van der Waals surface area contributed by atoms with Crippen LogP contribution in [0, 0.1) is 6.01 Å². The second-order valence-electron chi connectivity index (χ2n) is 2.08. The molecule has 2 rings (SSSR count). The average molecular weight is 198 g/mol. The van der Waals surface area contributed by atoms with Gasteiger partial charge in [-0.05, 0) is 17.5 Å². The number of rotatable bonds is 1. The summed E-state index contributed by atoms with van der Waals surface area (Å²) in [5.74, 6) is 0.595. The third-order valence-corrected chi connectivity index (χ3v) is 2.22. The van der Waals surface area contributed by atoms with Crippen LogP contribution >= 0.6 is 11.3 Å². The van der Waals surface area contributed by atoms with Crippen LogP contribution in [0.1, 0.15) is 13.8 Å². The zero-order chi connectivity index (χ0) is 9.68. The molecule has 0 aliphatic carbocycles. The van der Waals surface area contributed by atoms with E-state index in [2.05, 4.69) is 0 Å². The number of halogens is 1. The van der Waals surface area contributed by atoms with Crippen molar-refractivity contribution in [3.05, 3.63) is 35.7 Å². The van der Waals surface area contributed by atoms with Crippen molar-refractivity contribution in [2.24, 2.45) is 0 Å². The molecular weight excluding hydrogens is 187 g/mol. The van der Waals surface area contributed by atoms with E-state index in [1.54, 1.807) is 6.07 Å². The van der Waals surface area contributed by atoms with E-state index >= 15 is 0 Å². The molecule has 0 bridgehead atoms. The van der Waals surface area contributed by atoms with Gasteiger partial charge in [0.15, 0.2) is 0 Å². The van der Waals surface area contributed by atoms with Gasteiger partial charge in [-0.15, -0.1) is 11.3 Å². The summed E-state index contributed by atoms with van der Waals surface area (Å²) in [5, 5.41) is 1.93. The standard InChI is InChI=1S/C8H5FOS.C2H6/c9-8-4-3-6(10-8)7-2-1-5-11-7;1-2/h1-5H;1-2H3. The van der Waals surface area contributed by atoms with Crippen LogP contribution in [0.15, 0.2) is 34.1 Å². The molecule has 3 heteroatoms. The monoisotopic (exact) mass is 198 g/mol. The Morgan fingerprint density at radius 2 is 2.00 bits per heavy atom. The summed E-state index contributed by atoms with van der Waals surface area (Å²) >= 11 is 1.53. The molecule has 13 heavy (non-hydrogen) atoms. The minimum atomic E-state index is -0.534. The van der Waals surface area contributed by atoms with Crippen LogP contribution in [0.3, 0.4) is 0 Å². The largest absolute Gasteiger partial charge is 0.430 e. The first-order chi connectivity index (χ1) is 6.36. The Hall–Kier alpha value is -1.09. The van der Waals surface area contributed by atoms with Crippen LogP contribution in [0.5, 0.6) is 0 Å². The maximum Gasteiger partial charge on any atom is 0.278 e. The van der Waals surface area contributed by atoms with Gasteiger partial charge < -0.3 is 4.42 Å². The Labute approximate surface area is 80.8 Å². The van der Waals surface area contributed by atoms with Crippen LogP contribution < -0.4 is 0 Å². The first kappa shape index (κ1) is 9.99. The second kappa shape index (κ2) is 4.82. The summed E-state index contributed by atoms with van der Waals surface area (Å²) in [6.45, 7) is 4.00. The van der Waals surface area contributed by atoms with Crippen molar-refractivity contribution >= 4 is 11.3 Å². The first-order valence-corrected chi connectivity index (χ1v) is 5.03. The first-order valence-electron chi connectivity index (χ1n) is 4.15. The lowest BCUT2D eigenvalue weighted by molar-refractivity contribution is 0.367. The van der Waals surface area contributed by atoms with Gasteiger partial charge in [0.2, 0.25) is 0 Å². The van der Waals surface area contributed by atoms with E-state index < -0.39 is 6.01 Å². The Kier molecular flexibility index (Phi) is 3.71. The van der Waals surface area contributed by atoms with Crippen molar-refractivity contribution in [1.82, 2.24) is 0 Å². The molecule has 1 nitrogen and oxygen atoms in total. The van der Waals surface area contributed by atoms with Crippen molar-refractivity contribution in [3.8, 4) is 10.6 Å². The molecule has 0 aromatic carbocycles. The Morgan fingerprint density at radius 3 is 2.46 bits per heavy atom. The molecule has 0 saturated carbocycles. The Bertz CT molecular complexity index is 337. The second-order valence-corrected chi connectivity index (χ2v) is 3.03. The van der Waals surface area contributed by atoms with Gasteiger partial charge in [-0.3, -0.25) is 0 Å². The van der Waals surface area contributed by atoms with Crippen LogP contribution in [-0.4, -0.2) is 0 Å². The molecule has 2 heterocycles. The zero-order valence-corrected chi connectivity index (χ0v) is 8.40. The third-order valence-electron chi connectivity index (χ3n) is 1.34. The summed E-state index contributed by atoms with van der Waals surface area (Å²) in [5.41, 5.74) is 0. The summed E-state index contributed by atoms with van der Waals surface area (Å²) in [6, 6.07) is 6.20. The van der Waals surface area contributed by atoms with Crippen molar-refractivity contribution in [1.29, 1.82) is 0 Å². The van der Waals surface area contributed by atoms with E-state index in [9.17, 15) is 4.39 Å². The van der Waals surface area contributed by atoms with Gasteiger partial charge in [0, 0.05) is 6.07 Å². The minimum Gasteiger partial charge on any atom is -0.430 e. The van der Waals surface area contributed by atoms with Crippen LogP contribution in [0.25, 0.3) is 10.6 Å². The lowest BCUT2D eigenvalue weighted by Gasteiger charge is -1.85. The molecule has 70 valence electrons. The molecule has 0 spiro atoms. The molecule has 0 N–H and O–H groups in total. The van der Waals surface area contributed by atoms with Crippen molar-refractivity contribution < 1.29 is 8.81 Å². The lowest BCUT2D eigenvalue weighted by atomic mass is 10.4. The molecule has 0 saturated heterocycles. The van der Waals surface area contributed by atoms with E-state index in [-0.39, 0.29) is 0 Å². The zero-order valence-electron chi connectivity index (χ0n) is 7.58. The molecule has 2 aromatic heterocycles. The fourth-order valence-electron chi connectivity index (χ4n) is 0.865. The van der Waals surface area contributed by atoms with Crippen LogP contribution in [0.4, 0.5) is 4.39 Å². The summed E-state index contributed by atoms with van der Waals surface area (Å²) in [6.07, 6.45) is 0. The van der Waals surface area contributed by atoms with Gasteiger partial charge in [0.1, 0.15) is 5.76 Å². The van der Waals surface area contributed by atoms with Gasteiger partial charge in [0.25, 0.3) is 6.01 Å². The van der Waals surface area contributed by atoms with Crippen LogP contribution in [-0.2, 0) is 0 Å². The summed E-state index contributed by atoms with van der Waals surface area (Å²) in [4.78, 5) is 0.953. The molecule has 0 aliphatic rings. The highest BCUT2D eigenvalue weighted by Gasteiger charge is 2.03. The predicted octanol–water partition coefficient (Wildman–Crippen LogP) is 4.17. The molecular formula is C10H11FOS. The third kappa shape index (κ3) is 2.42. The smallest absolute Gasteiger partial charge is 0.278 e. The summed E-state index contributed by atoms with van der Waals surface area (Å²) in [7, 11) is 0. The molecule has 0 unspecified atom stereocenters. The van der Waals surface area contributed by atoms with Crippen molar-refractivity contribution in [3.63, 3.8) is 0 Å². The number of hydrogen-bond donors (Lipinski definition) is 0. The lowest BCUT2D eigenvalue weighted by Crippen LogP contribution is -1.60. The van der Waals surface area contributed by atoms with Gasteiger partial charge in [-0.25, -0.2) is 0 Å². The number of hydrogen-bond acceptors (Lipinski definition) is 2. The van der Waals surface area contributed by atoms with E-state index in [4.69, 9.17) is 4.42 Å². The van der Waals surface area contributed by atoms with E-state index in [0.29, 0.717) is 5.76 Å². The maximum absolute atomic E-state index is 12.4. The number of furan rings is 1. The fraction of sp³-hybridized carbons (Fsp3) is 0.200. The van der Waals surface area contributed by atoms with E-state index in [0.717, 1.165) is 4.88 Å². The molecule has 0 fully saturated rings. The van der Waals surface area contributed by atoms with E-state index in [1.807, 2.05) is 31.4 Å². The highest BCUT2D eigenvalue weighted by atomic mass is 32.1. The highest BCUT2D eigenvalue weighted by Crippen LogP contribution is 2.25. The number of thiophene rings is 1. The Morgan fingerprint density at radius 1 is 1.23 bits per heavy atom. The molecule has 0 radical (unpaired) electrons. The fourth-order valence-corrected chi connectivity index (χ4v) is 1.55. The van der Waals surface area contributed by atoms with Crippen molar-refractivity contribution in [2.75, 3.05) is 0 Å². The molecule has 0 amide bonds. The summed E-state index contributed by atoms with van der Waals surface area (Å²) < 4.78 is 17.1.